The van der Waals surface area contributed by atoms with Gasteiger partial charge in [0.25, 0.3) is 0 Å². The lowest BCUT2D eigenvalue weighted by Crippen LogP contribution is -2.64. The molecule has 0 aromatic carbocycles. The van der Waals surface area contributed by atoms with Crippen LogP contribution in [0.2, 0.25) is 0 Å². The van der Waals surface area contributed by atoms with Crippen molar-refractivity contribution in [3.63, 3.8) is 0 Å². The van der Waals surface area contributed by atoms with Crippen LogP contribution in [0.4, 0.5) is 0 Å². The summed E-state index contributed by atoms with van der Waals surface area (Å²) in [4.78, 5) is 17.9. The minimum atomic E-state index is -1.43. The molecule has 0 saturated carbocycles. The zero-order valence-corrected chi connectivity index (χ0v) is 9.50. The van der Waals surface area contributed by atoms with Crippen molar-refractivity contribution in [2.24, 2.45) is 5.28 Å². The van der Waals surface area contributed by atoms with Gasteiger partial charge in [-0.3, -0.25) is 4.79 Å². The summed E-state index contributed by atoms with van der Waals surface area (Å²) in [7, 11) is 0. The van der Waals surface area contributed by atoms with Crippen LogP contribution < -0.4 is 5.32 Å². The van der Waals surface area contributed by atoms with Crippen molar-refractivity contribution in [3.05, 3.63) is 10.4 Å². The molecule has 1 unspecified atom stereocenters. The lowest BCUT2D eigenvalue weighted by atomic mass is 9.97. The molecule has 0 radical (unpaired) electrons. The summed E-state index contributed by atoms with van der Waals surface area (Å²) < 4.78 is 5.07. The molecule has 1 rings (SSSR count). The van der Waals surface area contributed by atoms with Crippen molar-refractivity contribution in [3.8, 4) is 0 Å². The van der Waals surface area contributed by atoms with Gasteiger partial charge in [0.1, 0.15) is 29.6 Å². The minimum absolute atomic E-state index is 0.494. The molecule has 10 nitrogen and oxygen atoms in total. The van der Waals surface area contributed by atoms with E-state index in [9.17, 15) is 15.0 Å². The summed E-state index contributed by atoms with van der Waals surface area (Å²) in [6, 6.07) is -1.12. The van der Waals surface area contributed by atoms with E-state index >= 15 is 0 Å². The Hall–Kier alpha value is -1.58. The van der Waals surface area contributed by atoms with Gasteiger partial charge in [-0.15, -0.1) is 0 Å². The molecule has 1 heterocycles. The Balaban J connectivity index is 2.85. The second-order valence-electron chi connectivity index (χ2n) is 3.71. The molecular weight excluding hydrogens is 248 g/mol. The molecule has 4 N–H and O–H groups in total. The number of aliphatic hydroxyl groups is 3. The van der Waals surface area contributed by atoms with Crippen LogP contribution >= 0.6 is 0 Å². The molecule has 1 fully saturated rings. The number of azide groups is 1. The summed E-state index contributed by atoms with van der Waals surface area (Å²) in [6.45, 7) is 0.628. The molecule has 1 aliphatic rings. The third kappa shape index (κ3) is 3.22. The number of carbonyl (C=O) groups is 1. The predicted molar refractivity (Wildman–Crippen MR) is 55.6 cm³/mol. The molecule has 1 saturated heterocycles. The number of amides is 1. The topological polar surface area (TPSA) is 157 Å². The van der Waals surface area contributed by atoms with Gasteiger partial charge in [0, 0.05) is 11.8 Å². The van der Waals surface area contributed by atoms with Crippen LogP contribution in [0.25, 0.3) is 10.4 Å². The molecule has 1 amide bonds. The van der Waals surface area contributed by atoms with Gasteiger partial charge in [0.2, 0.25) is 12.2 Å². The predicted octanol–water partition coefficient (Wildman–Crippen LogP) is -1.83. The monoisotopic (exact) mass is 262 g/mol. The van der Waals surface area contributed by atoms with Crippen LogP contribution in [0.1, 0.15) is 6.92 Å². The van der Waals surface area contributed by atoms with Crippen molar-refractivity contribution >= 4 is 5.91 Å². The van der Waals surface area contributed by atoms with Gasteiger partial charge in [-0.25, -0.2) is 0 Å². The molecule has 5 atom stereocenters. The number of nitrogens with zero attached hydrogens (tertiary/aromatic N) is 3. The average Bonchev–Trinajstić information content (AvgIpc) is 2.33. The van der Waals surface area contributed by atoms with Crippen LogP contribution in [0.15, 0.2) is 5.28 Å². The second kappa shape index (κ2) is 6.38. The van der Waals surface area contributed by atoms with Crippen molar-refractivity contribution < 1.29 is 29.7 Å². The first kappa shape index (κ1) is 14.5. The Morgan fingerprint density at radius 3 is 2.72 bits per heavy atom. The zero-order valence-electron chi connectivity index (χ0n) is 9.50. The van der Waals surface area contributed by atoms with Gasteiger partial charge in [-0.05, 0) is 5.53 Å². The van der Waals surface area contributed by atoms with Gasteiger partial charge in [-0.1, -0.05) is 0 Å². The number of nitrogens with one attached hydrogen (secondary N) is 1. The maximum absolute atomic E-state index is 11.0. The molecule has 0 aromatic rings. The minimum Gasteiger partial charge on any atom is -0.400 e. The number of hydrogen-bond donors (Lipinski definition) is 4. The Labute approximate surface area is 102 Å². The largest absolute Gasteiger partial charge is 0.400 e. The maximum Gasteiger partial charge on any atom is 0.231 e. The lowest BCUT2D eigenvalue weighted by molar-refractivity contribution is -0.271. The van der Waals surface area contributed by atoms with E-state index in [2.05, 4.69) is 20.3 Å². The Morgan fingerprint density at radius 1 is 1.56 bits per heavy atom. The fraction of sp³-hybridized carbons (Fsp3) is 0.875. The van der Waals surface area contributed by atoms with Gasteiger partial charge in [-0.2, -0.15) is 0 Å². The molecule has 102 valence electrons. The highest BCUT2D eigenvalue weighted by atomic mass is 16.8. The Bertz CT molecular complexity index is 346. The third-order valence-corrected chi connectivity index (χ3v) is 2.44. The first-order chi connectivity index (χ1) is 8.51. The van der Waals surface area contributed by atoms with Crippen molar-refractivity contribution in [1.82, 2.24) is 5.32 Å². The number of ether oxygens (including phenoxy) is 1. The number of rotatable bonds is 4. The first-order valence-corrected chi connectivity index (χ1v) is 5.11. The van der Waals surface area contributed by atoms with Gasteiger partial charge in [0.05, 0.1) is 6.61 Å². The molecule has 18 heavy (non-hydrogen) atoms. The summed E-state index contributed by atoms with van der Waals surface area (Å²) in [5, 5.41) is 33.5. The van der Waals surface area contributed by atoms with Crippen molar-refractivity contribution in [2.75, 3.05) is 6.61 Å². The van der Waals surface area contributed by atoms with Crippen LogP contribution in [0.3, 0.4) is 0 Å². The fourth-order valence-electron chi connectivity index (χ4n) is 1.63. The van der Waals surface area contributed by atoms with Gasteiger partial charge >= 0.3 is 0 Å². The number of carbonyl (C=O) groups excluding carboxylic acids is 1. The van der Waals surface area contributed by atoms with E-state index in [1.165, 1.54) is 6.92 Å². The van der Waals surface area contributed by atoms with Crippen LogP contribution in [0.5, 0.6) is 0 Å². The van der Waals surface area contributed by atoms with E-state index in [1.807, 2.05) is 0 Å². The highest BCUT2D eigenvalue weighted by Crippen LogP contribution is 2.22. The summed E-state index contributed by atoms with van der Waals surface area (Å²) in [5.41, 5.74) is 8.14. The molecule has 0 bridgehead atoms. The highest BCUT2D eigenvalue weighted by Gasteiger charge is 2.45. The van der Waals surface area contributed by atoms with Crippen LogP contribution in [-0.4, -0.2) is 58.5 Å². The van der Waals surface area contributed by atoms with E-state index in [0.29, 0.717) is 0 Å². The Morgan fingerprint density at radius 2 is 2.22 bits per heavy atom. The summed E-state index contributed by atoms with van der Waals surface area (Å²) in [6.07, 6.45) is -5.25. The zero-order chi connectivity index (χ0) is 13.7. The number of hydrogen-bond acceptors (Lipinski definition) is 7. The SMILES string of the molecule is CC(=O)N[C@H]1C(ON=[N+]=[N-])O[C@H](CO)[C@H](O)[C@@H]1O. The third-order valence-electron chi connectivity index (χ3n) is 2.44. The molecule has 0 spiro atoms. The van der Waals surface area contributed by atoms with E-state index in [-0.39, 0.29) is 0 Å². The molecule has 0 aliphatic carbocycles. The smallest absolute Gasteiger partial charge is 0.231 e. The van der Waals surface area contributed by atoms with Crippen LogP contribution in [0, 0.1) is 0 Å². The fourth-order valence-corrected chi connectivity index (χ4v) is 1.63. The summed E-state index contributed by atoms with van der Waals surface area (Å²) in [5.74, 6) is -0.494. The van der Waals surface area contributed by atoms with Gasteiger partial charge < -0.3 is 30.2 Å². The molecular formula is C8H14N4O6. The summed E-state index contributed by atoms with van der Waals surface area (Å²) >= 11 is 0. The van der Waals surface area contributed by atoms with Crippen LogP contribution in [-0.2, 0) is 14.4 Å². The van der Waals surface area contributed by atoms with Gasteiger partial charge in [0.15, 0.2) is 0 Å². The Kier molecular flexibility index (Phi) is 5.13. The normalized spacial score (nSPS) is 35.4. The highest BCUT2D eigenvalue weighted by molar-refractivity contribution is 5.73. The molecule has 1 aliphatic heterocycles. The lowest BCUT2D eigenvalue weighted by Gasteiger charge is -2.40. The van der Waals surface area contributed by atoms with E-state index in [1.54, 1.807) is 0 Å². The number of aliphatic hydroxyl groups excluding tert-OH is 3. The van der Waals surface area contributed by atoms with Crippen molar-refractivity contribution in [1.29, 1.82) is 0 Å². The maximum atomic E-state index is 11.0. The molecule has 10 heteroatoms. The van der Waals surface area contributed by atoms with E-state index in [0.717, 1.165) is 0 Å². The average molecular weight is 262 g/mol. The first-order valence-electron chi connectivity index (χ1n) is 5.11. The second-order valence-corrected chi connectivity index (χ2v) is 3.71. The van der Waals surface area contributed by atoms with E-state index in [4.69, 9.17) is 15.4 Å². The van der Waals surface area contributed by atoms with Crippen molar-refractivity contribution in [2.45, 2.75) is 37.6 Å². The van der Waals surface area contributed by atoms with E-state index < -0.39 is 43.2 Å². The molecule has 0 aromatic heterocycles. The quantitative estimate of drug-likeness (QED) is 0.202. The standard InChI is InChI=1S/C8H14N4O6/c1-3(14)10-5-7(16)6(15)4(2-13)17-8(5)18-12-11-9/h4-8,13,15-16H,2H2,1H3,(H,10,14)/t4-,5-,6+,7-,8?/m1/s1.